The fraction of sp³-hybridized carbons (Fsp3) is 0.400. The van der Waals surface area contributed by atoms with Crippen LogP contribution >= 0.6 is 0 Å². The van der Waals surface area contributed by atoms with E-state index in [-0.39, 0.29) is 23.3 Å². The molecular formula is C25H32N4O3. The van der Waals surface area contributed by atoms with Gasteiger partial charge in [-0.25, -0.2) is 0 Å². The van der Waals surface area contributed by atoms with Crippen LogP contribution in [0.4, 0.5) is 0 Å². The van der Waals surface area contributed by atoms with Crippen LogP contribution in [0.1, 0.15) is 57.4 Å². The van der Waals surface area contributed by atoms with Gasteiger partial charge in [0.25, 0.3) is 17.7 Å². The molecule has 1 fully saturated rings. The molecule has 0 atom stereocenters. The molecule has 1 saturated heterocycles. The highest BCUT2D eigenvalue weighted by Crippen LogP contribution is 2.11. The van der Waals surface area contributed by atoms with Gasteiger partial charge in [-0.1, -0.05) is 12.1 Å². The number of hydrogen-bond acceptors (Lipinski definition) is 4. The van der Waals surface area contributed by atoms with E-state index in [1.165, 1.54) is 0 Å². The van der Waals surface area contributed by atoms with Gasteiger partial charge in [-0.05, 0) is 69.8 Å². The average Bonchev–Trinajstić information content (AvgIpc) is 2.77. The van der Waals surface area contributed by atoms with Crippen molar-refractivity contribution in [2.75, 3.05) is 33.2 Å². The lowest BCUT2D eigenvalue weighted by Crippen LogP contribution is -2.47. The van der Waals surface area contributed by atoms with Crippen molar-refractivity contribution in [3.05, 3.63) is 70.8 Å². The predicted molar refractivity (Wildman–Crippen MR) is 125 cm³/mol. The number of carbonyl (C=O) groups is 3. The van der Waals surface area contributed by atoms with Gasteiger partial charge in [0.2, 0.25) is 0 Å². The molecule has 3 amide bonds. The Hall–Kier alpha value is -3.19. The first-order valence-corrected chi connectivity index (χ1v) is 10.9. The van der Waals surface area contributed by atoms with Gasteiger partial charge in [-0.15, -0.1) is 0 Å². The Labute approximate surface area is 189 Å². The van der Waals surface area contributed by atoms with Gasteiger partial charge in [0.05, 0.1) is 0 Å². The molecule has 0 radical (unpaired) electrons. The monoisotopic (exact) mass is 436 g/mol. The van der Waals surface area contributed by atoms with Gasteiger partial charge < -0.3 is 20.4 Å². The normalized spacial score (nSPS) is 14.7. The molecule has 0 spiro atoms. The van der Waals surface area contributed by atoms with Crippen LogP contribution in [0.15, 0.2) is 48.5 Å². The molecule has 0 bridgehead atoms. The van der Waals surface area contributed by atoms with Crippen molar-refractivity contribution >= 4 is 17.7 Å². The lowest BCUT2D eigenvalue weighted by atomic mass is 10.1. The maximum atomic E-state index is 12.6. The Bertz CT molecular complexity index is 954. The first-order valence-electron chi connectivity index (χ1n) is 10.9. The maximum Gasteiger partial charge on any atom is 0.253 e. The molecule has 0 saturated carbocycles. The zero-order valence-corrected chi connectivity index (χ0v) is 19.3. The van der Waals surface area contributed by atoms with Crippen LogP contribution in [0.5, 0.6) is 0 Å². The number of piperazine rings is 1. The Balaban J connectivity index is 1.52. The van der Waals surface area contributed by atoms with E-state index in [1.54, 1.807) is 24.3 Å². The Morgan fingerprint density at radius 3 is 1.81 bits per heavy atom. The van der Waals surface area contributed by atoms with Gasteiger partial charge in [0.15, 0.2) is 0 Å². The molecular weight excluding hydrogens is 404 g/mol. The number of rotatable bonds is 5. The average molecular weight is 437 g/mol. The molecule has 0 aliphatic carbocycles. The van der Waals surface area contributed by atoms with Gasteiger partial charge in [0.1, 0.15) is 0 Å². The van der Waals surface area contributed by atoms with Gasteiger partial charge >= 0.3 is 0 Å². The second-order valence-electron chi connectivity index (χ2n) is 9.26. The summed E-state index contributed by atoms with van der Waals surface area (Å²) < 4.78 is 0. The highest BCUT2D eigenvalue weighted by molar-refractivity contribution is 5.98. The number of nitrogens with one attached hydrogen (secondary N) is 2. The third kappa shape index (κ3) is 6.40. The smallest absolute Gasteiger partial charge is 0.253 e. The second kappa shape index (κ2) is 9.96. The molecule has 0 unspecified atom stereocenters. The Morgan fingerprint density at radius 2 is 1.28 bits per heavy atom. The SMILES string of the molecule is CN1CCN(C(=O)c2ccc(CNC(=O)c3ccc(C(=O)NC(C)(C)C)cc3)cc2)CC1. The van der Waals surface area contributed by atoms with Crippen LogP contribution in [0, 0.1) is 0 Å². The summed E-state index contributed by atoms with van der Waals surface area (Å²) in [5.74, 6) is -0.342. The highest BCUT2D eigenvalue weighted by Gasteiger charge is 2.20. The summed E-state index contributed by atoms with van der Waals surface area (Å²) in [6.45, 7) is 9.36. The molecule has 7 nitrogen and oxygen atoms in total. The van der Waals surface area contributed by atoms with E-state index in [2.05, 4.69) is 22.6 Å². The standard InChI is InChI=1S/C25H32N4O3/c1-25(2,3)27-23(31)20-11-9-19(10-12-20)22(30)26-17-18-5-7-21(8-6-18)24(32)29-15-13-28(4)14-16-29/h5-12H,13-17H2,1-4H3,(H,26,30)(H,27,31). The van der Waals surface area contributed by atoms with Gasteiger partial charge in [-0.3, -0.25) is 14.4 Å². The van der Waals surface area contributed by atoms with E-state index in [1.807, 2.05) is 49.9 Å². The van der Waals surface area contributed by atoms with E-state index in [0.29, 0.717) is 23.2 Å². The lowest BCUT2D eigenvalue weighted by molar-refractivity contribution is 0.0663. The molecule has 1 aliphatic rings. The van der Waals surface area contributed by atoms with Crippen molar-refractivity contribution < 1.29 is 14.4 Å². The third-order valence-electron chi connectivity index (χ3n) is 5.34. The lowest BCUT2D eigenvalue weighted by Gasteiger charge is -2.32. The van der Waals surface area contributed by atoms with Crippen LogP contribution < -0.4 is 10.6 Å². The van der Waals surface area contributed by atoms with Gasteiger partial charge in [-0.2, -0.15) is 0 Å². The number of benzene rings is 2. The van der Waals surface area contributed by atoms with Crippen molar-refractivity contribution in [3.8, 4) is 0 Å². The minimum absolute atomic E-state index is 0.0456. The first kappa shape index (κ1) is 23.5. The summed E-state index contributed by atoms with van der Waals surface area (Å²) in [5, 5.41) is 5.78. The number of carbonyl (C=O) groups excluding carboxylic acids is 3. The van der Waals surface area contributed by atoms with E-state index < -0.39 is 0 Å². The zero-order valence-electron chi connectivity index (χ0n) is 19.3. The number of amides is 3. The van der Waals surface area contributed by atoms with Gasteiger partial charge in [0, 0.05) is 55.0 Å². The Kier molecular flexibility index (Phi) is 7.30. The summed E-state index contributed by atoms with van der Waals surface area (Å²) in [4.78, 5) is 41.4. The summed E-state index contributed by atoms with van der Waals surface area (Å²) in [6.07, 6.45) is 0. The van der Waals surface area contributed by atoms with Crippen molar-refractivity contribution in [1.29, 1.82) is 0 Å². The van der Waals surface area contributed by atoms with Crippen LogP contribution in [0.2, 0.25) is 0 Å². The topological polar surface area (TPSA) is 81.8 Å². The van der Waals surface area contributed by atoms with E-state index in [4.69, 9.17) is 0 Å². The summed E-state index contributed by atoms with van der Waals surface area (Å²) >= 11 is 0. The van der Waals surface area contributed by atoms with E-state index in [9.17, 15) is 14.4 Å². The molecule has 0 aromatic heterocycles. The summed E-state index contributed by atoms with van der Waals surface area (Å²) in [5.41, 5.74) is 2.25. The molecule has 2 aromatic carbocycles. The largest absolute Gasteiger partial charge is 0.348 e. The number of nitrogens with zero attached hydrogens (tertiary/aromatic N) is 2. The number of likely N-dealkylation sites (N-methyl/N-ethyl adjacent to an activating group) is 1. The minimum Gasteiger partial charge on any atom is -0.348 e. The van der Waals surface area contributed by atoms with Crippen molar-refractivity contribution in [3.63, 3.8) is 0 Å². The first-order chi connectivity index (χ1) is 15.1. The van der Waals surface area contributed by atoms with Crippen LogP contribution in [0.25, 0.3) is 0 Å². The molecule has 32 heavy (non-hydrogen) atoms. The molecule has 7 heteroatoms. The van der Waals surface area contributed by atoms with Crippen LogP contribution in [0.3, 0.4) is 0 Å². The molecule has 2 aromatic rings. The molecule has 170 valence electrons. The van der Waals surface area contributed by atoms with Crippen molar-refractivity contribution in [2.24, 2.45) is 0 Å². The fourth-order valence-electron chi connectivity index (χ4n) is 3.43. The zero-order chi connectivity index (χ0) is 23.3. The van der Waals surface area contributed by atoms with E-state index in [0.717, 1.165) is 31.7 Å². The molecule has 1 aliphatic heterocycles. The van der Waals surface area contributed by atoms with Crippen LogP contribution in [-0.4, -0.2) is 66.3 Å². The number of hydrogen-bond donors (Lipinski definition) is 2. The third-order valence-corrected chi connectivity index (χ3v) is 5.34. The van der Waals surface area contributed by atoms with Crippen LogP contribution in [-0.2, 0) is 6.54 Å². The minimum atomic E-state index is -0.322. The molecule has 1 heterocycles. The fourth-order valence-corrected chi connectivity index (χ4v) is 3.43. The molecule has 3 rings (SSSR count). The highest BCUT2D eigenvalue weighted by atomic mass is 16.2. The molecule has 2 N–H and O–H groups in total. The summed E-state index contributed by atoms with van der Waals surface area (Å²) in [6, 6.07) is 13.9. The second-order valence-corrected chi connectivity index (χ2v) is 9.26. The maximum absolute atomic E-state index is 12.6. The van der Waals surface area contributed by atoms with Crippen molar-refractivity contribution in [2.45, 2.75) is 32.9 Å². The van der Waals surface area contributed by atoms with Crippen molar-refractivity contribution in [1.82, 2.24) is 20.4 Å². The quantitative estimate of drug-likeness (QED) is 0.755. The summed E-state index contributed by atoms with van der Waals surface area (Å²) in [7, 11) is 2.06. The Morgan fingerprint density at radius 1 is 0.781 bits per heavy atom. The predicted octanol–water partition coefficient (Wildman–Crippen LogP) is 2.53. The van der Waals surface area contributed by atoms with E-state index >= 15 is 0 Å².